The zero-order chi connectivity index (χ0) is 15.7. The van der Waals surface area contributed by atoms with Crippen LogP contribution in [0.25, 0.3) is 0 Å². The molecular formula is C17H27NO2S. The van der Waals surface area contributed by atoms with E-state index >= 15 is 0 Å². The van der Waals surface area contributed by atoms with Gasteiger partial charge in [-0.15, -0.1) is 11.3 Å². The molecule has 1 atom stereocenters. The number of rotatable bonds is 5. The molecule has 0 saturated carbocycles. The lowest BCUT2D eigenvalue weighted by atomic mass is 9.90. The highest BCUT2D eigenvalue weighted by Crippen LogP contribution is 2.37. The first-order chi connectivity index (χ1) is 9.79. The summed E-state index contributed by atoms with van der Waals surface area (Å²) < 4.78 is 0. The molecule has 1 saturated heterocycles. The van der Waals surface area contributed by atoms with Crippen molar-refractivity contribution >= 4 is 17.3 Å². The van der Waals surface area contributed by atoms with Crippen molar-refractivity contribution in [1.29, 1.82) is 0 Å². The second-order valence-electron chi connectivity index (χ2n) is 7.13. The van der Waals surface area contributed by atoms with Crippen LogP contribution < -0.4 is 0 Å². The largest absolute Gasteiger partial charge is 0.480 e. The Morgan fingerprint density at radius 2 is 2.14 bits per heavy atom. The minimum Gasteiger partial charge on any atom is -0.480 e. The van der Waals surface area contributed by atoms with Gasteiger partial charge in [-0.05, 0) is 43.4 Å². The van der Waals surface area contributed by atoms with Crippen LogP contribution in [0, 0.1) is 0 Å². The summed E-state index contributed by atoms with van der Waals surface area (Å²) in [6, 6.07) is 4.36. The van der Waals surface area contributed by atoms with Gasteiger partial charge < -0.3 is 5.11 Å². The normalized spacial score (nSPS) is 23.6. The van der Waals surface area contributed by atoms with Crippen molar-refractivity contribution in [3.63, 3.8) is 0 Å². The number of hydrogen-bond acceptors (Lipinski definition) is 3. The average molecular weight is 309 g/mol. The third kappa shape index (κ3) is 3.32. The Labute approximate surface area is 132 Å². The van der Waals surface area contributed by atoms with Crippen LogP contribution >= 0.6 is 11.3 Å². The molecule has 1 unspecified atom stereocenters. The first-order valence-corrected chi connectivity index (χ1v) is 8.69. The summed E-state index contributed by atoms with van der Waals surface area (Å²) in [7, 11) is 0. The van der Waals surface area contributed by atoms with Gasteiger partial charge in [-0.1, -0.05) is 34.1 Å². The Bertz CT molecular complexity index is 503. The number of likely N-dealkylation sites (tertiary alicyclic amines) is 1. The van der Waals surface area contributed by atoms with Crippen molar-refractivity contribution in [3.8, 4) is 0 Å². The van der Waals surface area contributed by atoms with E-state index in [4.69, 9.17) is 0 Å². The molecule has 1 aromatic rings. The Hall–Kier alpha value is -0.870. The number of thiophene rings is 1. The molecule has 0 bridgehead atoms. The molecule has 1 N–H and O–H groups in total. The number of carbonyl (C=O) groups is 1. The number of nitrogens with zero attached hydrogens (tertiary/aromatic N) is 1. The molecule has 0 spiro atoms. The zero-order valence-corrected chi connectivity index (χ0v) is 14.4. The van der Waals surface area contributed by atoms with Gasteiger partial charge in [0, 0.05) is 16.3 Å². The van der Waals surface area contributed by atoms with Crippen LogP contribution in [-0.2, 0) is 16.8 Å². The van der Waals surface area contributed by atoms with Gasteiger partial charge in [0.15, 0.2) is 0 Å². The van der Waals surface area contributed by atoms with E-state index in [1.165, 1.54) is 9.75 Å². The van der Waals surface area contributed by atoms with E-state index in [1.807, 2.05) is 11.3 Å². The molecule has 3 nitrogen and oxygen atoms in total. The monoisotopic (exact) mass is 309 g/mol. The molecule has 1 aliphatic heterocycles. The van der Waals surface area contributed by atoms with Gasteiger partial charge in [0.1, 0.15) is 5.54 Å². The van der Waals surface area contributed by atoms with E-state index in [0.29, 0.717) is 0 Å². The molecule has 1 aliphatic rings. The van der Waals surface area contributed by atoms with Crippen molar-refractivity contribution < 1.29 is 9.90 Å². The first kappa shape index (κ1) is 16.5. The smallest absolute Gasteiger partial charge is 0.324 e. The minimum absolute atomic E-state index is 0.168. The first-order valence-electron chi connectivity index (χ1n) is 7.87. The van der Waals surface area contributed by atoms with Crippen LogP contribution in [-0.4, -0.2) is 28.1 Å². The van der Waals surface area contributed by atoms with Gasteiger partial charge in [0.05, 0.1) is 0 Å². The highest BCUT2D eigenvalue weighted by molar-refractivity contribution is 7.12. The van der Waals surface area contributed by atoms with Crippen LogP contribution in [0.2, 0.25) is 0 Å². The highest BCUT2D eigenvalue weighted by Gasteiger charge is 2.46. The molecule has 0 aliphatic carbocycles. The van der Waals surface area contributed by atoms with E-state index in [0.717, 1.165) is 38.8 Å². The van der Waals surface area contributed by atoms with Crippen molar-refractivity contribution in [3.05, 3.63) is 21.9 Å². The lowest BCUT2D eigenvalue weighted by Gasteiger charge is -2.34. The number of aliphatic carboxylic acids is 1. The fraction of sp³-hybridized carbons (Fsp3) is 0.706. The van der Waals surface area contributed by atoms with Crippen molar-refractivity contribution in [1.82, 2.24) is 4.90 Å². The summed E-state index contributed by atoms with van der Waals surface area (Å²) in [5.41, 5.74) is -0.470. The summed E-state index contributed by atoms with van der Waals surface area (Å²) in [4.78, 5) is 16.7. The predicted molar refractivity (Wildman–Crippen MR) is 87.9 cm³/mol. The van der Waals surface area contributed by atoms with Crippen molar-refractivity contribution in [2.45, 2.75) is 70.9 Å². The molecule has 0 amide bonds. The standard InChI is InChI=1S/C17H27NO2S/c1-5-9-17(15(19)20)10-6-11-18(17)12-13-7-8-14(21-13)16(2,3)4/h7-8H,5-6,9-12H2,1-4H3,(H,19,20). The maximum Gasteiger partial charge on any atom is 0.324 e. The van der Waals surface area contributed by atoms with Gasteiger partial charge >= 0.3 is 5.97 Å². The predicted octanol–water partition coefficient (Wildman–Crippen LogP) is 4.26. The van der Waals surface area contributed by atoms with Gasteiger partial charge in [-0.25, -0.2) is 0 Å². The quantitative estimate of drug-likeness (QED) is 0.883. The average Bonchev–Trinajstić information content (AvgIpc) is 2.98. The lowest BCUT2D eigenvalue weighted by molar-refractivity contribution is -0.150. The summed E-state index contributed by atoms with van der Waals surface area (Å²) in [5.74, 6) is -0.644. The summed E-state index contributed by atoms with van der Waals surface area (Å²) in [6.45, 7) is 10.4. The van der Waals surface area contributed by atoms with Crippen LogP contribution in [0.3, 0.4) is 0 Å². The third-order valence-electron chi connectivity index (χ3n) is 4.43. The summed E-state index contributed by atoms with van der Waals surface area (Å²) in [5, 5.41) is 9.74. The van der Waals surface area contributed by atoms with E-state index in [9.17, 15) is 9.90 Å². The fourth-order valence-electron chi connectivity index (χ4n) is 3.26. The maximum atomic E-state index is 11.8. The lowest BCUT2D eigenvalue weighted by Crippen LogP contribution is -2.49. The van der Waals surface area contributed by atoms with Crippen LogP contribution in [0.1, 0.15) is 63.1 Å². The van der Waals surface area contributed by atoms with Gasteiger partial charge in [0.25, 0.3) is 0 Å². The van der Waals surface area contributed by atoms with Crippen LogP contribution in [0.5, 0.6) is 0 Å². The fourth-order valence-corrected chi connectivity index (χ4v) is 4.35. The Kier molecular flexibility index (Phi) is 4.79. The van der Waals surface area contributed by atoms with Crippen molar-refractivity contribution in [2.75, 3.05) is 6.54 Å². The second-order valence-corrected chi connectivity index (χ2v) is 8.30. The van der Waals surface area contributed by atoms with E-state index in [2.05, 4.69) is 44.7 Å². The molecule has 2 rings (SSSR count). The van der Waals surface area contributed by atoms with E-state index in [1.54, 1.807) is 0 Å². The topological polar surface area (TPSA) is 40.5 Å². The number of carboxylic acids is 1. The second kappa shape index (κ2) is 6.09. The Morgan fingerprint density at radius 1 is 1.43 bits per heavy atom. The van der Waals surface area contributed by atoms with Gasteiger partial charge in [-0.2, -0.15) is 0 Å². The summed E-state index contributed by atoms with van der Waals surface area (Å²) >= 11 is 1.82. The minimum atomic E-state index is -0.644. The van der Waals surface area contributed by atoms with Gasteiger partial charge in [0.2, 0.25) is 0 Å². The SMILES string of the molecule is CCCC1(C(=O)O)CCCN1Cc1ccc(C(C)(C)C)s1. The molecule has 0 aromatic carbocycles. The molecular weight excluding hydrogens is 282 g/mol. The molecule has 118 valence electrons. The van der Waals surface area contributed by atoms with E-state index in [-0.39, 0.29) is 5.41 Å². The zero-order valence-electron chi connectivity index (χ0n) is 13.6. The molecule has 21 heavy (non-hydrogen) atoms. The van der Waals surface area contributed by atoms with Gasteiger partial charge in [-0.3, -0.25) is 9.69 Å². The highest BCUT2D eigenvalue weighted by atomic mass is 32.1. The van der Waals surface area contributed by atoms with Crippen LogP contribution in [0.4, 0.5) is 0 Å². The molecule has 4 heteroatoms. The van der Waals surface area contributed by atoms with Crippen molar-refractivity contribution in [2.24, 2.45) is 0 Å². The Balaban J connectivity index is 2.17. The maximum absolute atomic E-state index is 11.8. The number of hydrogen-bond donors (Lipinski definition) is 1. The number of carboxylic acid groups (broad SMARTS) is 1. The molecule has 1 aromatic heterocycles. The molecule has 1 fully saturated rings. The van der Waals surface area contributed by atoms with Crippen LogP contribution in [0.15, 0.2) is 12.1 Å². The van der Waals surface area contributed by atoms with E-state index < -0.39 is 11.5 Å². The Morgan fingerprint density at radius 3 is 2.67 bits per heavy atom. The molecule has 2 heterocycles. The molecule has 0 radical (unpaired) electrons. The summed E-state index contributed by atoms with van der Waals surface area (Å²) in [6.07, 6.45) is 3.44. The third-order valence-corrected chi connectivity index (χ3v) is 5.93.